The molecule has 1 aliphatic carbocycles. The summed E-state index contributed by atoms with van der Waals surface area (Å²) in [6, 6.07) is 0. The summed E-state index contributed by atoms with van der Waals surface area (Å²) in [5, 5.41) is 6.08. The minimum atomic E-state index is -0.602. The minimum absolute atomic E-state index is 0.417. The molecule has 0 spiro atoms. The number of rotatable bonds is 4. The highest BCUT2D eigenvalue weighted by atomic mass is 32.1. The van der Waals surface area contributed by atoms with Crippen molar-refractivity contribution in [1.29, 1.82) is 0 Å². The lowest BCUT2D eigenvalue weighted by molar-refractivity contribution is -0.136. The maximum Gasteiger partial charge on any atom is 0.314 e. The van der Waals surface area contributed by atoms with Crippen molar-refractivity contribution in [2.45, 2.75) is 52.9 Å². The Morgan fingerprint density at radius 3 is 2.64 bits per heavy atom. The van der Waals surface area contributed by atoms with Crippen LogP contribution in [0.4, 0.5) is 5.00 Å². The van der Waals surface area contributed by atoms with Gasteiger partial charge in [0.2, 0.25) is 0 Å². The first-order valence-electron chi connectivity index (χ1n) is 7.93. The lowest BCUT2D eigenvalue weighted by Gasteiger charge is -2.34. The Morgan fingerprint density at radius 1 is 1.32 bits per heavy atom. The maximum atomic E-state index is 11.9. The van der Waals surface area contributed by atoms with Gasteiger partial charge in [0.1, 0.15) is 5.00 Å². The zero-order valence-corrected chi connectivity index (χ0v) is 14.4. The number of aryl methyl sites for hydroxylation is 1. The van der Waals surface area contributed by atoms with E-state index in [1.807, 2.05) is 6.92 Å². The van der Waals surface area contributed by atoms with Crippen molar-refractivity contribution in [3.05, 3.63) is 11.2 Å². The third-order valence-corrected chi connectivity index (χ3v) is 5.20. The zero-order valence-electron chi connectivity index (χ0n) is 13.6. The van der Waals surface area contributed by atoms with Crippen molar-refractivity contribution in [3.63, 3.8) is 0 Å². The molecule has 22 heavy (non-hydrogen) atoms. The van der Waals surface area contributed by atoms with Gasteiger partial charge in [-0.1, -0.05) is 20.8 Å². The fourth-order valence-electron chi connectivity index (χ4n) is 2.76. The number of carbonyl (C=O) groups is 2. The average molecular weight is 323 g/mol. The number of carbonyl (C=O) groups excluding carboxylic acids is 2. The molecular formula is C16H25N3O2S. The molecule has 122 valence electrons. The summed E-state index contributed by atoms with van der Waals surface area (Å²) < 4.78 is 0. The second-order valence-corrected chi connectivity index (χ2v) is 7.61. The molecule has 0 aromatic carbocycles. The van der Waals surface area contributed by atoms with Crippen LogP contribution in [0.25, 0.3) is 0 Å². The maximum absolute atomic E-state index is 11.9. The molecule has 1 aliphatic rings. The minimum Gasteiger partial charge on any atom is -0.348 e. The molecule has 0 radical (unpaired) electrons. The molecule has 0 aliphatic heterocycles. The van der Waals surface area contributed by atoms with Crippen LogP contribution in [-0.2, 0) is 16.0 Å². The van der Waals surface area contributed by atoms with Crippen LogP contribution in [-0.4, -0.2) is 23.3 Å². The second-order valence-electron chi connectivity index (χ2n) is 6.75. The normalized spacial score (nSPS) is 18.0. The van der Waals surface area contributed by atoms with Crippen LogP contribution in [0, 0.1) is 11.3 Å². The quantitative estimate of drug-likeness (QED) is 0.837. The van der Waals surface area contributed by atoms with E-state index in [0.29, 0.717) is 22.9 Å². The van der Waals surface area contributed by atoms with E-state index in [-0.39, 0.29) is 0 Å². The van der Waals surface area contributed by atoms with Gasteiger partial charge >= 0.3 is 11.8 Å². The Bertz CT molecular complexity index is 529. The summed E-state index contributed by atoms with van der Waals surface area (Å²) in [6.45, 7) is 7.13. The number of nitrogens with one attached hydrogen (secondary N) is 2. The molecule has 2 N–H and O–H groups in total. The van der Waals surface area contributed by atoms with Crippen molar-refractivity contribution in [2.75, 3.05) is 11.9 Å². The molecule has 1 aromatic heterocycles. The molecule has 5 nitrogen and oxygen atoms in total. The molecule has 6 heteroatoms. The summed E-state index contributed by atoms with van der Waals surface area (Å²) in [5.41, 5.74) is 2.91. The molecule has 1 aromatic rings. The first kappa shape index (κ1) is 16.9. The van der Waals surface area contributed by atoms with E-state index in [4.69, 9.17) is 0 Å². The lowest BCUT2D eigenvalue weighted by atomic mass is 9.73. The molecule has 0 saturated heterocycles. The number of aromatic nitrogens is 1. The average Bonchev–Trinajstić information content (AvgIpc) is 2.93. The first-order chi connectivity index (χ1) is 10.4. The predicted molar refractivity (Wildman–Crippen MR) is 88.9 cm³/mol. The highest BCUT2D eigenvalue weighted by Gasteiger charge is 2.27. The Hall–Kier alpha value is -1.43. The van der Waals surface area contributed by atoms with E-state index in [1.165, 1.54) is 24.2 Å². The van der Waals surface area contributed by atoms with Crippen LogP contribution >= 0.6 is 11.3 Å². The number of hydrogen-bond acceptors (Lipinski definition) is 4. The number of nitrogens with zero attached hydrogens (tertiary/aromatic N) is 1. The fraction of sp³-hybridized carbons (Fsp3) is 0.688. The Morgan fingerprint density at radius 2 is 2.00 bits per heavy atom. The van der Waals surface area contributed by atoms with Crippen LogP contribution in [0.15, 0.2) is 5.51 Å². The number of thiazole rings is 1. The topological polar surface area (TPSA) is 71.1 Å². The van der Waals surface area contributed by atoms with Gasteiger partial charge < -0.3 is 10.6 Å². The van der Waals surface area contributed by atoms with Crippen molar-refractivity contribution >= 4 is 28.2 Å². The van der Waals surface area contributed by atoms with Crippen LogP contribution in [0.5, 0.6) is 0 Å². The van der Waals surface area contributed by atoms with Crippen LogP contribution in [0.2, 0.25) is 0 Å². The van der Waals surface area contributed by atoms with Gasteiger partial charge in [-0.05, 0) is 43.4 Å². The van der Waals surface area contributed by atoms with Gasteiger partial charge in [-0.2, -0.15) is 0 Å². The zero-order chi connectivity index (χ0) is 16.2. The molecule has 1 saturated carbocycles. The molecular weight excluding hydrogens is 298 g/mol. The summed E-state index contributed by atoms with van der Waals surface area (Å²) in [5.74, 6) is -0.672. The van der Waals surface area contributed by atoms with Crippen LogP contribution < -0.4 is 10.6 Å². The lowest BCUT2D eigenvalue weighted by Crippen LogP contribution is -2.39. The summed E-state index contributed by atoms with van der Waals surface area (Å²) in [6.07, 6.45) is 5.33. The van der Waals surface area contributed by atoms with Crippen LogP contribution in [0.3, 0.4) is 0 Å². The SMILES string of the molecule is CCc1ncsc1NC(=O)C(=O)NCC1CCC(C)(C)CC1. The number of anilines is 1. The van der Waals surface area contributed by atoms with Crippen LogP contribution in [0.1, 0.15) is 52.1 Å². The number of amides is 2. The molecule has 0 bridgehead atoms. The monoisotopic (exact) mass is 323 g/mol. The standard InChI is InChI=1S/C16H25N3O2S/c1-4-12-15(22-10-18-12)19-14(21)13(20)17-9-11-5-7-16(2,3)8-6-11/h10-11H,4-9H2,1-3H3,(H,17,20)(H,19,21). The summed E-state index contributed by atoms with van der Waals surface area (Å²) >= 11 is 1.34. The molecule has 1 fully saturated rings. The van der Waals surface area contributed by atoms with Gasteiger partial charge in [0, 0.05) is 6.54 Å². The van der Waals surface area contributed by atoms with E-state index in [9.17, 15) is 9.59 Å². The van der Waals surface area contributed by atoms with E-state index in [2.05, 4.69) is 29.5 Å². The third-order valence-electron chi connectivity index (χ3n) is 4.42. The highest BCUT2D eigenvalue weighted by molar-refractivity contribution is 7.14. The van der Waals surface area contributed by atoms with E-state index < -0.39 is 11.8 Å². The van der Waals surface area contributed by atoms with Crippen molar-refractivity contribution in [1.82, 2.24) is 10.3 Å². The Labute approximate surface area is 135 Å². The summed E-state index contributed by atoms with van der Waals surface area (Å²) in [7, 11) is 0. The van der Waals surface area contributed by atoms with Gasteiger partial charge in [0.05, 0.1) is 11.2 Å². The van der Waals surface area contributed by atoms with Gasteiger partial charge in [0.25, 0.3) is 0 Å². The Kier molecular flexibility index (Phi) is 5.56. The summed E-state index contributed by atoms with van der Waals surface area (Å²) in [4.78, 5) is 28.0. The smallest absolute Gasteiger partial charge is 0.314 e. The molecule has 0 atom stereocenters. The molecule has 2 rings (SSSR count). The van der Waals surface area contributed by atoms with Gasteiger partial charge in [0.15, 0.2) is 0 Å². The molecule has 1 heterocycles. The second kappa shape index (κ2) is 7.22. The Balaban J connectivity index is 1.76. The molecule has 2 amide bonds. The highest BCUT2D eigenvalue weighted by Crippen LogP contribution is 2.37. The fourth-order valence-corrected chi connectivity index (χ4v) is 3.53. The van der Waals surface area contributed by atoms with Crippen molar-refractivity contribution < 1.29 is 9.59 Å². The van der Waals surface area contributed by atoms with Gasteiger partial charge in [-0.25, -0.2) is 4.98 Å². The number of hydrogen-bond donors (Lipinski definition) is 2. The van der Waals surface area contributed by atoms with Crippen molar-refractivity contribution in [2.24, 2.45) is 11.3 Å². The predicted octanol–water partition coefficient (Wildman–Crippen LogP) is 2.98. The van der Waals surface area contributed by atoms with Crippen molar-refractivity contribution in [3.8, 4) is 0 Å². The van der Waals surface area contributed by atoms with E-state index >= 15 is 0 Å². The first-order valence-corrected chi connectivity index (χ1v) is 8.81. The van der Waals surface area contributed by atoms with Gasteiger partial charge in [-0.3, -0.25) is 9.59 Å². The van der Waals surface area contributed by atoms with E-state index in [1.54, 1.807) is 5.51 Å². The van der Waals surface area contributed by atoms with E-state index in [0.717, 1.165) is 25.0 Å². The largest absolute Gasteiger partial charge is 0.348 e. The third kappa shape index (κ3) is 4.53. The molecule has 0 unspecified atom stereocenters. The van der Waals surface area contributed by atoms with Gasteiger partial charge in [-0.15, -0.1) is 11.3 Å².